The lowest BCUT2D eigenvalue weighted by Crippen LogP contribution is -2.40. The van der Waals surface area contributed by atoms with Gasteiger partial charge >= 0.3 is 6.18 Å². The first-order valence-corrected chi connectivity index (χ1v) is 10.4. The van der Waals surface area contributed by atoms with Crippen LogP contribution in [0.2, 0.25) is 0 Å². The Morgan fingerprint density at radius 1 is 1.29 bits per heavy atom. The summed E-state index contributed by atoms with van der Waals surface area (Å²) in [5.41, 5.74) is 10.8. The van der Waals surface area contributed by atoms with Crippen LogP contribution in [0, 0.1) is 11.3 Å². The minimum Gasteiger partial charge on any atom is -0.477 e. The largest absolute Gasteiger partial charge is 0.477 e. The first-order valence-electron chi connectivity index (χ1n) is 10.4. The number of rotatable bonds is 11. The molecule has 0 bridgehead atoms. The first kappa shape index (κ1) is 28.6. The van der Waals surface area contributed by atoms with Gasteiger partial charge in [0.15, 0.2) is 17.2 Å². The molecular formula is C23H31F3N6O2. The average Bonchev–Trinajstić information content (AvgIpc) is 2.75. The van der Waals surface area contributed by atoms with Gasteiger partial charge in [-0.25, -0.2) is 0 Å². The molecule has 1 heterocycles. The van der Waals surface area contributed by atoms with Gasteiger partial charge in [0.25, 0.3) is 0 Å². The Morgan fingerprint density at radius 2 is 2.00 bits per heavy atom. The van der Waals surface area contributed by atoms with Crippen molar-refractivity contribution in [1.82, 2.24) is 9.97 Å². The van der Waals surface area contributed by atoms with E-state index in [1.807, 2.05) is 6.07 Å². The van der Waals surface area contributed by atoms with Gasteiger partial charge in [-0.2, -0.15) is 28.4 Å². The molecule has 0 aliphatic heterocycles. The van der Waals surface area contributed by atoms with E-state index in [9.17, 15) is 23.2 Å². The monoisotopic (exact) mass is 480 g/mol. The Hall–Kier alpha value is -3.39. The Morgan fingerprint density at radius 3 is 2.59 bits per heavy atom. The molecule has 4 N–H and O–H groups in total. The van der Waals surface area contributed by atoms with E-state index in [0.717, 1.165) is 12.1 Å². The van der Waals surface area contributed by atoms with Crippen LogP contribution < -0.4 is 21.1 Å². The molecule has 8 nitrogen and oxygen atoms in total. The van der Waals surface area contributed by atoms with Crippen LogP contribution in [0.25, 0.3) is 0 Å². The third kappa shape index (κ3) is 7.31. The summed E-state index contributed by atoms with van der Waals surface area (Å²) in [6, 6.07) is 5.87. The minimum atomic E-state index is -4.51. The zero-order valence-electron chi connectivity index (χ0n) is 18.5. The molecule has 1 aromatic heterocycles. The van der Waals surface area contributed by atoms with Gasteiger partial charge in [0.1, 0.15) is 6.07 Å². The van der Waals surface area contributed by atoms with Crippen molar-refractivity contribution in [3.63, 3.8) is 0 Å². The van der Waals surface area contributed by atoms with Crippen molar-refractivity contribution in [2.75, 3.05) is 30.8 Å². The molecule has 0 amide bonds. The van der Waals surface area contributed by atoms with Crippen molar-refractivity contribution >= 4 is 17.5 Å². The summed E-state index contributed by atoms with van der Waals surface area (Å²) in [7, 11) is 1.58. The van der Waals surface area contributed by atoms with E-state index >= 15 is 0 Å². The van der Waals surface area contributed by atoms with Gasteiger partial charge in [0.2, 0.25) is 11.8 Å². The van der Waals surface area contributed by atoms with Crippen LogP contribution in [0.1, 0.15) is 50.3 Å². The summed E-state index contributed by atoms with van der Waals surface area (Å²) in [5, 5.41) is 9.66. The van der Waals surface area contributed by atoms with Crippen LogP contribution in [0.5, 0.6) is 5.88 Å². The van der Waals surface area contributed by atoms with Gasteiger partial charge in [-0.05, 0) is 44.4 Å². The summed E-state index contributed by atoms with van der Waals surface area (Å²) < 4.78 is 44.6. The molecule has 2 aromatic rings. The predicted octanol–water partition coefficient (Wildman–Crippen LogP) is 3.73. The number of benzene rings is 1. The fraction of sp³-hybridized carbons (Fsp3) is 0.478. The van der Waals surface area contributed by atoms with Crippen molar-refractivity contribution in [2.45, 2.75) is 52.3 Å². The summed E-state index contributed by atoms with van der Waals surface area (Å²) in [5.74, 6) is -0.345. The Labute approximate surface area is 197 Å². The Kier molecular flexibility index (Phi) is 10.7. The fourth-order valence-corrected chi connectivity index (χ4v) is 3.42. The second kappa shape index (κ2) is 12.7. The van der Waals surface area contributed by atoms with E-state index in [-0.39, 0.29) is 55.0 Å². The number of halogens is 3. The number of hydrogen-bond donors (Lipinski definition) is 2. The molecule has 186 valence electrons. The maximum absolute atomic E-state index is 13.2. The second-order valence-electron chi connectivity index (χ2n) is 7.38. The van der Waals surface area contributed by atoms with E-state index in [2.05, 4.69) is 9.97 Å². The van der Waals surface area contributed by atoms with Gasteiger partial charge in [-0.1, -0.05) is 25.6 Å². The summed E-state index contributed by atoms with van der Waals surface area (Å²) in [4.78, 5) is 22.8. The number of nitrogen functional groups attached to an aromatic ring is 1. The highest BCUT2D eigenvalue weighted by molar-refractivity contribution is 5.89. The number of alkyl halides is 3. The lowest BCUT2D eigenvalue weighted by Gasteiger charge is -2.29. The SMILES string of the molecule is C.CCOc1nc(N)nc(N(C)[C@@H](CCCCN)C(=O)Cc2cccc(C(F)(F)F)c2)c1C#N. The van der Waals surface area contributed by atoms with Gasteiger partial charge < -0.3 is 21.1 Å². The minimum absolute atomic E-state index is 0. The summed E-state index contributed by atoms with van der Waals surface area (Å²) in [6.07, 6.45) is -3.11. The highest BCUT2D eigenvalue weighted by Crippen LogP contribution is 2.31. The number of nitriles is 1. The topological polar surface area (TPSA) is 131 Å². The molecule has 0 radical (unpaired) electrons. The van der Waals surface area contributed by atoms with Gasteiger partial charge in [0, 0.05) is 13.5 Å². The lowest BCUT2D eigenvalue weighted by atomic mass is 9.97. The number of ether oxygens (including phenoxy) is 1. The smallest absolute Gasteiger partial charge is 0.416 e. The molecular weight excluding hydrogens is 449 g/mol. The molecule has 2 rings (SSSR count). The number of unbranched alkanes of at least 4 members (excludes halogenated alkanes) is 1. The molecule has 1 aromatic carbocycles. The van der Waals surface area contributed by atoms with Crippen molar-refractivity contribution in [2.24, 2.45) is 5.73 Å². The standard InChI is InChI=1S/C22H27F3N6O2.CH4/c1-3-33-20-16(13-27)19(29-21(28)30-20)31(2)17(9-4-5-10-26)18(32)12-14-7-6-8-15(11-14)22(23,24)25;/h6-8,11,17H,3-5,9-10,12,26H2,1-2H3,(H2,28,29,30);1H4/t17-;/m0./s1. The predicted molar refractivity (Wildman–Crippen MR) is 124 cm³/mol. The highest BCUT2D eigenvalue weighted by Gasteiger charge is 2.31. The van der Waals surface area contributed by atoms with Gasteiger partial charge in [-0.3, -0.25) is 4.79 Å². The molecule has 11 heteroatoms. The molecule has 0 spiro atoms. The molecule has 1 atom stereocenters. The molecule has 0 saturated carbocycles. The molecule has 0 unspecified atom stereocenters. The zero-order chi connectivity index (χ0) is 24.6. The molecule has 0 aliphatic rings. The van der Waals surface area contributed by atoms with Crippen LogP contribution in [-0.2, 0) is 17.4 Å². The van der Waals surface area contributed by atoms with Crippen LogP contribution in [-0.4, -0.2) is 42.0 Å². The van der Waals surface area contributed by atoms with Crippen molar-refractivity contribution in [3.8, 4) is 11.9 Å². The van der Waals surface area contributed by atoms with Gasteiger partial charge in [-0.15, -0.1) is 0 Å². The van der Waals surface area contributed by atoms with Crippen LogP contribution in [0.15, 0.2) is 24.3 Å². The number of nitrogens with zero attached hydrogens (tertiary/aromatic N) is 4. The second-order valence-corrected chi connectivity index (χ2v) is 7.38. The van der Waals surface area contributed by atoms with Crippen LogP contribution >= 0.6 is 0 Å². The van der Waals surface area contributed by atoms with E-state index in [1.165, 1.54) is 17.0 Å². The number of Topliss-reactive ketones (excluding diaryl/α,β-unsaturated/α-hetero) is 1. The number of carbonyl (C=O) groups is 1. The molecule has 34 heavy (non-hydrogen) atoms. The lowest BCUT2D eigenvalue weighted by molar-refractivity contribution is -0.137. The number of aromatic nitrogens is 2. The normalized spacial score (nSPS) is 11.8. The van der Waals surface area contributed by atoms with E-state index in [1.54, 1.807) is 14.0 Å². The zero-order valence-corrected chi connectivity index (χ0v) is 18.5. The van der Waals surface area contributed by atoms with E-state index in [4.69, 9.17) is 16.2 Å². The summed E-state index contributed by atoms with van der Waals surface area (Å²) in [6.45, 7) is 2.39. The quantitative estimate of drug-likeness (QED) is 0.465. The third-order valence-corrected chi connectivity index (χ3v) is 5.00. The van der Waals surface area contributed by atoms with Gasteiger partial charge in [0.05, 0.1) is 18.2 Å². The van der Waals surface area contributed by atoms with Crippen LogP contribution in [0.3, 0.4) is 0 Å². The number of carbonyl (C=O) groups excluding carboxylic acids is 1. The molecule has 0 fully saturated rings. The number of hydrogen-bond acceptors (Lipinski definition) is 8. The van der Waals surface area contributed by atoms with Crippen LogP contribution in [0.4, 0.5) is 24.9 Å². The number of ketones is 1. The van der Waals surface area contributed by atoms with Crippen molar-refractivity contribution in [1.29, 1.82) is 5.26 Å². The molecule has 0 aliphatic carbocycles. The summed E-state index contributed by atoms with van der Waals surface area (Å²) >= 11 is 0. The maximum atomic E-state index is 13.2. The third-order valence-electron chi connectivity index (χ3n) is 5.00. The Balaban J connectivity index is 0.00000578. The highest BCUT2D eigenvalue weighted by atomic mass is 19.4. The van der Waals surface area contributed by atoms with Crippen molar-refractivity contribution < 1.29 is 22.7 Å². The number of likely N-dealkylation sites (N-methyl/N-ethyl adjacent to an activating group) is 1. The first-order chi connectivity index (χ1) is 15.6. The number of anilines is 2. The fourth-order valence-electron chi connectivity index (χ4n) is 3.42. The molecule has 0 saturated heterocycles. The average molecular weight is 481 g/mol. The Bertz CT molecular complexity index is 1010. The van der Waals surface area contributed by atoms with E-state index < -0.39 is 17.8 Å². The number of nitrogens with two attached hydrogens (primary N) is 2. The van der Waals surface area contributed by atoms with Crippen molar-refractivity contribution in [3.05, 3.63) is 41.0 Å². The maximum Gasteiger partial charge on any atom is 0.416 e. The van der Waals surface area contributed by atoms with E-state index in [0.29, 0.717) is 25.8 Å².